The van der Waals surface area contributed by atoms with Crippen molar-refractivity contribution in [2.75, 3.05) is 17.6 Å². The Morgan fingerprint density at radius 2 is 1.79 bits per heavy atom. The van der Waals surface area contributed by atoms with Gasteiger partial charge in [0.2, 0.25) is 0 Å². The average molecular weight is 281 g/mol. The lowest BCUT2D eigenvalue weighted by molar-refractivity contribution is 0.538. The Bertz CT molecular complexity index is 381. The van der Waals surface area contributed by atoms with Crippen LogP contribution in [0.2, 0.25) is 0 Å². The van der Waals surface area contributed by atoms with Gasteiger partial charge in [-0.15, -0.1) is 11.8 Å². The van der Waals surface area contributed by atoms with Gasteiger partial charge in [-0.1, -0.05) is 34.6 Å². The molecule has 0 aliphatic heterocycles. The van der Waals surface area contributed by atoms with Crippen molar-refractivity contribution in [3.63, 3.8) is 0 Å². The summed E-state index contributed by atoms with van der Waals surface area (Å²) in [5, 5.41) is 4.55. The third-order valence-electron chi connectivity index (χ3n) is 2.76. The molecule has 1 aromatic heterocycles. The molecule has 3 nitrogen and oxygen atoms in total. The third kappa shape index (κ3) is 4.68. The summed E-state index contributed by atoms with van der Waals surface area (Å²) in [6.07, 6.45) is 2.27. The van der Waals surface area contributed by atoms with Crippen LogP contribution in [0, 0.1) is 6.92 Å². The van der Waals surface area contributed by atoms with E-state index in [1.807, 2.05) is 11.8 Å². The van der Waals surface area contributed by atoms with E-state index in [0.29, 0.717) is 0 Å². The highest BCUT2D eigenvalue weighted by Crippen LogP contribution is 2.29. The summed E-state index contributed by atoms with van der Waals surface area (Å²) in [5.41, 5.74) is 1.16. The summed E-state index contributed by atoms with van der Waals surface area (Å²) in [6, 6.07) is 0. The molecule has 19 heavy (non-hydrogen) atoms. The van der Waals surface area contributed by atoms with Gasteiger partial charge in [0.25, 0.3) is 0 Å². The molecule has 0 amide bonds. The van der Waals surface area contributed by atoms with Gasteiger partial charge in [-0.3, -0.25) is 0 Å². The zero-order chi connectivity index (χ0) is 14.5. The highest BCUT2D eigenvalue weighted by Gasteiger charge is 2.21. The Hall–Kier alpha value is -0.770. The topological polar surface area (TPSA) is 37.8 Å². The predicted molar refractivity (Wildman–Crippen MR) is 85.3 cm³/mol. The van der Waals surface area contributed by atoms with E-state index >= 15 is 0 Å². The van der Waals surface area contributed by atoms with E-state index in [1.54, 1.807) is 0 Å². The monoisotopic (exact) mass is 281 g/mol. The van der Waals surface area contributed by atoms with Crippen LogP contribution in [-0.4, -0.2) is 22.3 Å². The fourth-order valence-corrected chi connectivity index (χ4v) is 2.45. The molecule has 0 unspecified atom stereocenters. The SMILES string of the molecule is CCCNc1nc(C(C)(C)C)nc(SCCC)c1C. The molecule has 1 aromatic rings. The van der Waals surface area contributed by atoms with Crippen LogP contribution >= 0.6 is 11.8 Å². The van der Waals surface area contributed by atoms with E-state index in [1.165, 1.54) is 5.56 Å². The largest absolute Gasteiger partial charge is 0.370 e. The molecule has 4 heteroatoms. The van der Waals surface area contributed by atoms with Gasteiger partial charge in [-0.05, 0) is 25.5 Å². The fourth-order valence-electron chi connectivity index (χ4n) is 1.59. The Morgan fingerprint density at radius 3 is 2.32 bits per heavy atom. The van der Waals surface area contributed by atoms with Gasteiger partial charge >= 0.3 is 0 Å². The Balaban J connectivity index is 3.14. The van der Waals surface area contributed by atoms with Crippen molar-refractivity contribution in [2.45, 2.75) is 64.8 Å². The predicted octanol–water partition coefficient (Wildman–Crippen LogP) is 4.41. The van der Waals surface area contributed by atoms with E-state index in [0.717, 1.165) is 41.8 Å². The molecule has 1 N–H and O–H groups in total. The van der Waals surface area contributed by atoms with E-state index in [-0.39, 0.29) is 5.41 Å². The molecule has 0 radical (unpaired) electrons. The number of thioether (sulfide) groups is 1. The fraction of sp³-hybridized carbons (Fsp3) is 0.733. The van der Waals surface area contributed by atoms with E-state index in [9.17, 15) is 0 Å². The van der Waals surface area contributed by atoms with Gasteiger partial charge in [-0.25, -0.2) is 9.97 Å². The van der Waals surface area contributed by atoms with Crippen LogP contribution in [0.25, 0.3) is 0 Å². The summed E-state index contributed by atoms with van der Waals surface area (Å²) in [4.78, 5) is 9.48. The zero-order valence-electron chi connectivity index (χ0n) is 13.1. The van der Waals surface area contributed by atoms with Crippen LogP contribution < -0.4 is 5.32 Å². The van der Waals surface area contributed by atoms with Crippen molar-refractivity contribution in [1.29, 1.82) is 0 Å². The molecule has 0 fully saturated rings. The maximum absolute atomic E-state index is 4.76. The zero-order valence-corrected chi connectivity index (χ0v) is 13.9. The standard InChI is InChI=1S/C15H27N3S/c1-7-9-16-12-11(3)13(19-10-8-2)18-14(17-12)15(4,5)6/h7-10H2,1-6H3,(H,16,17,18). The molecule has 0 bridgehead atoms. The number of rotatable bonds is 6. The lowest BCUT2D eigenvalue weighted by atomic mass is 9.95. The molecule has 0 atom stereocenters. The lowest BCUT2D eigenvalue weighted by Crippen LogP contribution is -2.19. The van der Waals surface area contributed by atoms with Gasteiger partial charge in [0.1, 0.15) is 16.7 Å². The second kappa shape index (κ2) is 7.13. The average Bonchev–Trinajstić information content (AvgIpc) is 2.34. The maximum Gasteiger partial charge on any atom is 0.137 e. The molecule has 108 valence electrons. The van der Waals surface area contributed by atoms with Crippen LogP contribution in [0.5, 0.6) is 0 Å². The summed E-state index contributed by atoms with van der Waals surface area (Å²) in [6.45, 7) is 13.9. The highest BCUT2D eigenvalue weighted by molar-refractivity contribution is 7.99. The molecule has 1 rings (SSSR count). The van der Waals surface area contributed by atoms with Crippen LogP contribution in [-0.2, 0) is 5.41 Å². The van der Waals surface area contributed by atoms with E-state index in [2.05, 4.69) is 46.9 Å². The molecule has 0 aliphatic carbocycles. The first-order valence-electron chi connectivity index (χ1n) is 7.15. The third-order valence-corrected chi connectivity index (χ3v) is 4.04. The minimum atomic E-state index is -0.0160. The van der Waals surface area contributed by atoms with Crippen LogP contribution in [0.3, 0.4) is 0 Å². The van der Waals surface area contributed by atoms with Gasteiger partial charge in [0.05, 0.1) is 0 Å². The van der Waals surface area contributed by atoms with Gasteiger partial charge < -0.3 is 5.32 Å². The molecule has 0 aliphatic rings. The Kier molecular flexibility index (Phi) is 6.11. The molecule has 0 spiro atoms. The number of nitrogens with zero attached hydrogens (tertiary/aromatic N) is 2. The van der Waals surface area contributed by atoms with Crippen molar-refractivity contribution >= 4 is 17.6 Å². The number of hydrogen-bond donors (Lipinski definition) is 1. The summed E-state index contributed by atoms with van der Waals surface area (Å²) in [5.74, 6) is 3.03. The van der Waals surface area contributed by atoms with Crippen molar-refractivity contribution in [2.24, 2.45) is 0 Å². The first-order valence-corrected chi connectivity index (χ1v) is 8.14. The Morgan fingerprint density at radius 1 is 1.11 bits per heavy atom. The molecule has 0 saturated heterocycles. The first kappa shape index (κ1) is 16.3. The first-order chi connectivity index (χ1) is 8.90. The molecular formula is C15H27N3S. The quantitative estimate of drug-likeness (QED) is 0.619. The number of aromatic nitrogens is 2. The second-order valence-corrected chi connectivity index (χ2v) is 6.93. The van der Waals surface area contributed by atoms with Crippen LogP contribution in [0.15, 0.2) is 5.03 Å². The second-order valence-electron chi connectivity index (χ2n) is 5.85. The van der Waals surface area contributed by atoms with E-state index < -0.39 is 0 Å². The van der Waals surface area contributed by atoms with Crippen molar-refractivity contribution in [1.82, 2.24) is 9.97 Å². The lowest BCUT2D eigenvalue weighted by Gasteiger charge is -2.20. The summed E-state index contributed by atoms with van der Waals surface area (Å²) >= 11 is 1.83. The molecular weight excluding hydrogens is 254 g/mol. The van der Waals surface area contributed by atoms with Crippen molar-refractivity contribution in [3.8, 4) is 0 Å². The minimum Gasteiger partial charge on any atom is -0.370 e. The van der Waals surface area contributed by atoms with Gasteiger partial charge in [-0.2, -0.15) is 0 Å². The Labute approximate surface area is 122 Å². The smallest absolute Gasteiger partial charge is 0.137 e. The van der Waals surface area contributed by atoms with E-state index in [4.69, 9.17) is 9.97 Å². The molecule has 0 aromatic carbocycles. The highest BCUT2D eigenvalue weighted by atomic mass is 32.2. The maximum atomic E-state index is 4.76. The van der Waals surface area contributed by atoms with Crippen LogP contribution in [0.1, 0.15) is 58.8 Å². The van der Waals surface area contributed by atoms with Crippen molar-refractivity contribution < 1.29 is 0 Å². The van der Waals surface area contributed by atoms with Gasteiger partial charge in [0, 0.05) is 17.5 Å². The number of nitrogens with one attached hydrogen (secondary N) is 1. The van der Waals surface area contributed by atoms with Gasteiger partial charge in [0.15, 0.2) is 0 Å². The number of hydrogen-bond acceptors (Lipinski definition) is 4. The number of anilines is 1. The molecule has 0 saturated carbocycles. The van der Waals surface area contributed by atoms with Crippen molar-refractivity contribution in [3.05, 3.63) is 11.4 Å². The summed E-state index contributed by atoms with van der Waals surface area (Å²) < 4.78 is 0. The molecule has 1 heterocycles. The normalized spacial score (nSPS) is 11.7. The van der Waals surface area contributed by atoms with Crippen LogP contribution in [0.4, 0.5) is 5.82 Å². The minimum absolute atomic E-state index is 0.0160. The summed E-state index contributed by atoms with van der Waals surface area (Å²) in [7, 11) is 0.